The second-order valence-corrected chi connectivity index (χ2v) is 8.92. The Morgan fingerprint density at radius 3 is 2.68 bits per heavy atom. The molecule has 0 bridgehead atoms. The summed E-state index contributed by atoms with van der Waals surface area (Å²) < 4.78 is 44.5. The number of nitrogens with zero attached hydrogens (tertiary/aromatic N) is 2. The molecule has 34 heavy (non-hydrogen) atoms. The van der Waals surface area contributed by atoms with Crippen molar-refractivity contribution in [1.29, 1.82) is 0 Å². The van der Waals surface area contributed by atoms with Crippen molar-refractivity contribution >= 4 is 39.1 Å². The van der Waals surface area contributed by atoms with E-state index in [-0.39, 0.29) is 17.0 Å². The van der Waals surface area contributed by atoms with E-state index >= 15 is 0 Å². The number of benzene rings is 2. The predicted molar refractivity (Wildman–Crippen MR) is 119 cm³/mol. The second kappa shape index (κ2) is 10.8. The number of nitro groups is 1. The normalized spacial score (nSPS) is 14.8. The Balaban J connectivity index is 1.35. The fraction of sp³-hybridized carbons (Fsp3) is 0.286. The smallest absolute Gasteiger partial charge is 0.306 e. The molecule has 3 rings (SSSR count). The number of hydrogen-bond donors (Lipinski definition) is 2. The molecular weight excluding hydrogens is 471 g/mol. The van der Waals surface area contributed by atoms with Gasteiger partial charge in [-0.15, -0.1) is 0 Å². The summed E-state index contributed by atoms with van der Waals surface area (Å²) in [5.41, 5.74) is -0.297. The van der Waals surface area contributed by atoms with Crippen LogP contribution >= 0.6 is 0 Å². The number of amides is 1. The van der Waals surface area contributed by atoms with Gasteiger partial charge >= 0.3 is 5.97 Å². The summed E-state index contributed by atoms with van der Waals surface area (Å²) in [5.74, 6) is -1.94. The molecule has 0 spiro atoms. The van der Waals surface area contributed by atoms with Gasteiger partial charge in [0.1, 0.15) is 17.3 Å². The number of esters is 1. The Bertz CT molecular complexity index is 1250. The number of unbranched alkanes of at least 4 members (excludes halogenated alkanes) is 2. The van der Waals surface area contributed by atoms with Crippen LogP contribution in [-0.2, 0) is 24.3 Å². The molecule has 2 N–H and O–H groups in total. The SMILES string of the molecule is O=C(COC(=O)CCCCCN=C1NS(=O)(=O)c2ccccc21)Nc1ccc(F)cc1[N+](=O)[O-]. The van der Waals surface area contributed by atoms with Crippen molar-refractivity contribution in [1.82, 2.24) is 4.72 Å². The van der Waals surface area contributed by atoms with Gasteiger partial charge in [-0.05, 0) is 37.1 Å². The lowest BCUT2D eigenvalue weighted by atomic mass is 10.2. The molecule has 180 valence electrons. The molecule has 1 amide bonds. The number of nitro benzene ring substituents is 1. The number of anilines is 1. The third kappa shape index (κ3) is 6.34. The van der Waals surface area contributed by atoms with Crippen LogP contribution in [0, 0.1) is 15.9 Å². The van der Waals surface area contributed by atoms with Crippen LogP contribution in [0.15, 0.2) is 52.4 Å². The van der Waals surface area contributed by atoms with Crippen LogP contribution in [0.5, 0.6) is 0 Å². The number of ether oxygens (including phenoxy) is 1. The summed E-state index contributed by atoms with van der Waals surface area (Å²) in [4.78, 5) is 38.3. The largest absolute Gasteiger partial charge is 0.456 e. The number of aliphatic imine (C=N–C) groups is 1. The minimum Gasteiger partial charge on any atom is -0.456 e. The number of carbonyl (C=O) groups is 2. The van der Waals surface area contributed by atoms with E-state index in [4.69, 9.17) is 4.74 Å². The summed E-state index contributed by atoms with van der Waals surface area (Å²) in [5, 5.41) is 13.1. The van der Waals surface area contributed by atoms with Gasteiger partial charge in [0, 0.05) is 18.5 Å². The molecule has 1 aliphatic heterocycles. The van der Waals surface area contributed by atoms with Crippen LogP contribution in [0.4, 0.5) is 15.8 Å². The number of amidine groups is 1. The maximum absolute atomic E-state index is 13.1. The molecule has 13 heteroatoms. The highest BCUT2D eigenvalue weighted by Crippen LogP contribution is 2.25. The van der Waals surface area contributed by atoms with Crippen LogP contribution in [0.25, 0.3) is 0 Å². The van der Waals surface area contributed by atoms with E-state index in [1.165, 1.54) is 6.07 Å². The van der Waals surface area contributed by atoms with Crippen molar-refractivity contribution in [3.05, 3.63) is 64.0 Å². The average molecular weight is 492 g/mol. The molecule has 0 aromatic heterocycles. The third-order valence-electron chi connectivity index (χ3n) is 4.77. The van der Waals surface area contributed by atoms with E-state index < -0.39 is 44.9 Å². The fourth-order valence-electron chi connectivity index (χ4n) is 3.17. The van der Waals surface area contributed by atoms with Gasteiger partial charge in [0.2, 0.25) is 0 Å². The van der Waals surface area contributed by atoms with Crippen molar-refractivity contribution in [3.8, 4) is 0 Å². The molecule has 2 aromatic rings. The van der Waals surface area contributed by atoms with Gasteiger partial charge in [-0.2, -0.15) is 0 Å². The van der Waals surface area contributed by atoms with E-state index in [2.05, 4.69) is 15.0 Å². The van der Waals surface area contributed by atoms with Crippen molar-refractivity contribution in [2.75, 3.05) is 18.5 Å². The van der Waals surface area contributed by atoms with E-state index in [1.54, 1.807) is 18.2 Å². The highest BCUT2D eigenvalue weighted by atomic mass is 32.2. The maximum atomic E-state index is 13.1. The Kier molecular flexibility index (Phi) is 7.89. The Labute approximate surface area is 194 Å². The molecule has 1 aliphatic rings. The third-order valence-corrected chi connectivity index (χ3v) is 6.16. The zero-order valence-electron chi connectivity index (χ0n) is 17.8. The van der Waals surface area contributed by atoms with Crippen LogP contribution < -0.4 is 10.0 Å². The zero-order valence-corrected chi connectivity index (χ0v) is 18.6. The number of nitrogens with one attached hydrogen (secondary N) is 2. The number of sulfonamides is 1. The Hall–Kier alpha value is -3.87. The number of fused-ring (bicyclic) bond motifs is 1. The molecule has 1 heterocycles. The molecule has 0 atom stereocenters. The van der Waals surface area contributed by atoms with E-state index in [0.717, 1.165) is 12.1 Å². The van der Waals surface area contributed by atoms with Crippen LogP contribution in [-0.4, -0.2) is 44.2 Å². The van der Waals surface area contributed by atoms with E-state index in [1.807, 2.05) is 0 Å². The monoisotopic (exact) mass is 492 g/mol. The number of rotatable bonds is 10. The van der Waals surface area contributed by atoms with Gasteiger partial charge in [-0.25, -0.2) is 12.8 Å². The van der Waals surface area contributed by atoms with Crippen LogP contribution in [0.3, 0.4) is 0 Å². The summed E-state index contributed by atoms with van der Waals surface area (Å²) in [7, 11) is -3.58. The zero-order chi connectivity index (χ0) is 24.7. The lowest BCUT2D eigenvalue weighted by Crippen LogP contribution is -2.22. The van der Waals surface area contributed by atoms with Crippen LogP contribution in [0.1, 0.15) is 31.2 Å². The Morgan fingerprint density at radius 2 is 1.91 bits per heavy atom. The van der Waals surface area contributed by atoms with Gasteiger partial charge in [-0.1, -0.05) is 18.6 Å². The van der Waals surface area contributed by atoms with E-state index in [9.17, 15) is 32.5 Å². The fourth-order valence-corrected chi connectivity index (χ4v) is 4.42. The first-order valence-corrected chi connectivity index (χ1v) is 11.7. The molecule has 0 saturated carbocycles. The first kappa shape index (κ1) is 24.8. The van der Waals surface area contributed by atoms with Gasteiger partial charge < -0.3 is 10.1 Å². The average Bonchev–Trinajstić information content (AvgIpc) is 3.06. The van der Waals surface area contributed by atoms with Crippen LogP contribution in [0.2, 0.25) is 0 Å². The molecule has 0 fully saturated rings. The quantitative estimate of drug-likeness (QED) is 0.223. The predicted octanol–water partition coefficient (Wildman–Crippen LogP) is 2.51. The minimum absolute atomic E-state index is 0.0516. The molecule has 2 aromatic carbocycles. The number of hydrogen-bond acceptors (Lipinski definition) is 8. The molecule has 0 aliphatic carbocycles. The van der Waals surface area contributed by atoms with Crippen molar-refractivity contribution in [2.45, 2.75) is 30.6 Å². The summed E-state index contributed by atoms with van der Waals surface area (Å²) >= 11 is 0. The van der Waals surface area contributed by atoms with Crippen molar-refractivity contribution in [3.63, 3.8) is 0 Å². The van der Waals surface area contributed by atoms with Gasteiger partial charge in [-0.3, -0.25) is 29.4 Å². The molecule has 11 nitrogen and oxygen atoms in total. The highest BCUT2D eigenvalue weighted by Gasteiger charge is 2.29. The van der Waals surface area contributed by atoms with Crippen molar-refractivity contribution in [2.24, 2.45) is 4.99 Å². The first-order valence-electron chi connectivity index (χ1n) is 10.2. The topological polar surface area (TPSA) is 157 Å². The highest BCUT2D eigenvalue weighted by molar-refractivity contribution is 7.90. The minimum atomic E-state index is -3.58. The maximum Gasteiger partial charge on any atom is 0.306 e. The standard InChI is InChI=1S/C21H21FN4O7S/c22-14-9-10-16(17(12-14)26(29)30)24-19(27)13-33-20(28)8-2-1-5-11-23-21-15-6-3-4-7-18(15)34(31,32)25-21/h3-4,6-7,9-10,12H,1-2,5,8,11,13H2,(H,23,25)(H,24,27). The number of halogens is 1. The Morgan fingerprint density at radius 1 is 1.15 bits per heavy atom. The summed E-state index contributed by atoms with van der Waals surface area (Å²) in [6.45, 7) is -0.277. The summed E-state index contributed by atoms with van der Waals surface area (Å²) in [6, 6.07) is 9.22. The lowest BCUT2D eigenvalue weighted by molar-refractivity contribution is -0.384. The molecular formula is C21H21FN4O7S. The van der Waals surface area contributed by atoms with Gasteiger partial charge in [0.05, 0.1) is 15.9 Å². The van der Waals surface area contributed by atoms with E-state index in [0.29, 0.717) is 43.3 Å². The molecule has 0 saturated heterocycles. The second-order valence-electron chi connectivity index (χ2n) is 7.27. The van der Waals surface area contributed by atoms with Crippen molar-refractivity contribution < 1.29 is 32.1 Å². The van der Waals surface area contributed by atoms with Gasteiger partial charge in [0.25, 0.3) is 21.6 Å². The summed E-state index contributed by atoms with van der Waals surface area (Å²) in [6.07, 6.45) is 1.75. The number of carbonyl (C=O) groups excluding carboxylic acids is 2. The lowest BCUT2D eigenvalue weighted by Gasteiger charge is -2.07. The van der Waals surface area contributed by atoms with Gasteiger partial charge in [0.15, 0.2) is 6.61 Å². The molecule has 0 unspecified atom stereocenters. The molecule has 0 radical (unpaired) electrons. The first-order chi connectivity index (χ1) is 16.2.